The van der Waals surface area contributed by atoms with E-state index in [2.05, 4.69) is 45.7 Å². The van der Waals surface area contributed by atoms with Crippen molar-refractivity contribution < 1.29 is 28.9 Å². The van der Waals surface area contributed by atoms with Crippen LogP contribution >= 0.6 is 0 Å². The van der Waals surface area contributed by atoms with Gasteiger partial charge in [0.1, 0.15) is 0 Å². The minimum absolute atomic E-state index is 0. The van der Waals surface area contributed by atoms with Gasteiger partial charge in [0.25, 0.3) is 0 Å². The van der Waals surface area contributed by atoms with Gasteiger partial charge in [-0.2, -0.15) is 41.6 Å². The molecule has 1 unspecified atom stereocenters. The Hall–Kier alpha value is -3.34. The number of nitrogens with zero attached hydrogens (tertiary/aromatic N) is 3. The summed E-state index contributed by atoms with van der Waals surface area (Å²) in [4.78, 5) is 6.45. The van der Waals surface area contributed by atoms with E-state index in [0.717, 1.165) is 30.2 Å². The average Bonchev–Trinajstić information content (AvgIpc) is 3.36. The van der Waals surface area contributed by atoms with Crippen molar-refractivity contribution >= 4 is 0 Å². The predicted octanol–water partition coefficient (Wildman–Crippen LogP) is 6.69. The van der Waals surface area contributed by atoms with Crippen molar-refractivity contribution in [2.24, 2.45) is 0 Å². The van der Waals surface area contributed by atoms with E-state index < -0.39 is 11.6 Å². The Labute approximate surface area is 211 Å². The maximum absolute atomic E-state index is 13.2. The van der Waals surface area contributed by atoms with E-state index in [1.54, 1.807) is 6.20 Å². The zero-order chi connectivity index (χ0) is 22.6. The number of hydrogen-bond acceptors (Lipinski definition) is 2. The van der Waals surface area contributed by atoms with E-state index in [1.807, 2.05) is 54.7 Å². The van der Waals surface area contributed by atoms with E-state index in [4.69, 9.17) is 0 Å². The molecule has 0 spiro atoms. The minimum Gasteiger partial charge on any atom is -0.668 e. The molecule has 0 saturated carbocycles. The van der Waals surface area contributed by atoms with Gasteiger partial charge in [-0.15, -0.1) is 23.8 Å². The Bertz CT molecular complexity index is 1290. The Morgan fingerprint density at radius 2 is 1.82 bits per heavy atom. The number of benzene rings is 3. The Balaban J connectivity index is 0.000000169. The van der Waals surface area contributed by atoms with E-state index in [0.29, 0.717) is 11.3 Å². The van der Waals surface area contributed by atoms with Gasteiger partial charge in [0.2, 0.25) is 0 Å². The number of rotatable bonds is 2. The monoisotopic (exact) mass is 629 g/mol. The maximum atomic E-state index is 13.2. The van der Waals surface area contributed by atoms with Crippen LogP contribution in [0.2, 0.25) is 0 Å². The molecule has 0 bridgehead atoms. The van der Waals surface area contributed by atoms with Crippen LogP contribution in [0.5, 0.6) is 0 Å². The van der Waals surface area contributed by atoms with Crippen LogP contribution in [-0.4, -0.2) is 16.4 Å². The molecule has 0 radical (unpaired) electrons. The van der Waals surface area contributed by atoms with Crippen LogP contribution in [0.4, 0.5) is 8.78 Å². The van der Waals surface area contributed by atoms with Gasteiger partial charge in [0.15, 0.2) is 0 Å². The van der Waals surface area contributed by atoms with Gasteiger partial charge in [-0.3, -0.25) is 4.39 Å². The van der Waals surface area contributed by atoms with Crippen LogP contribution in [0.1, 0.15) is 17.3 Å². The molecule has 3 aromatic carbocycles. The van der Waals surface area contributed by atoms with Gasteiger partial charge in [0.05, 0.1) is 11.6 Å². The molecule has 0 aliphatic carbocycles. The quantitative estimate of drug-likeness (QED) is 0.232. The fraction of sp³-hybridized carbons (Fsp3) is 0.107. The van der Waals surface area contributed by atoms with Crippen molar-refractivity contribution in [1.82, 2.24) is 9.88 Å². The first-order valence-electron chi connectivity index (χ1n) is 10.7. The third-order valence-corrected chi connectivity index (χ3v) is 5.67. The second-order valence-electron chi connectivity index (χ2n) is 7.75. The van der Waals surface area contributed by atoms with Crippen molar-refractivity contribution in [3.05, 3.63) is 132 Å². The second kappa shape index (κ2) is 10.7. The number of pyridine rings is 1. The zero-order valence-electron chi connectivity index (χ0n) is 18.1. The van der Waals surface area contributed by atoms with Crippen LogP contribution in [0.15, 0.2) is 91.4 Å². The Morgan fingerprint density at radius 1 is 0.971 bits per heavy atom. The number of fused-ring (bicyclic) bond motifs is 3. The molecule has 1 atom stereocenters. The predicted molar refractivity (Wildman–Crippen MR) is 125 cm³/mol. The molecule has 34 heavy (non-hydrogen) atoms. The smallest absolute Gasteiger partial charge is 0.668 e. The summed E-state index contributed by atoms with van der Waals surface area (Å²) in [6, 6.07) is 27.9. The standard InChI is InChI=1S/C17H10F2N.C11H10N2.Ir/c18-15-7-6-14(10-16(15)19)17-11-13(8-9-20-17)12-4-2-1-3-5-12;1-2-4-10-9(3-1)5-7-13-8-6-12-11(10)13;/h1-9,11H;1-3,6,8,11H,5,7H2;/q-1;-2;+3. The molecule has 6 heteroatoms. The van der Waals surface area contributed by atoms with Crippen molar-refractivity contribution in [2.75, 3.05) is 6.54 Å². The topological polar surface area (TPSA) is 30.2 Å². The van der Waals surface area contributed by atoms with Gasteiger partial charge < -0.3 is 15.2 Å². The van der Waals surface area contributed by atoms with Crippen LogP contribution in [0, 0.1) is 23.8 Å². The second-order valence-corrected chi connectivity index (χ2v) is 7.75. The van der Waals surface area contributed by atoms with E-state index in [9.17, 15) is 8.78 Å². The van der Waals surface area contributed by atoms with Gasteiger partial charge in [-0.05, 0) is 35.3 Å². The zero-order valence-corrected chi connectivity index (χ0v) is 20.5. The largest absolute Gasteiger partial charge is 3.00 e. The number of hydrogen-bond donors (Lipinski definition) is 0. The third-order valence-electron chi connectivity index (χ3n) is 5.67. The molecule has 3 nitrogen and oxygen atoms in total. The van der Waals surface area contributed by atoms with Crippen LogP contribution < -0.4 is 0 Å². The summed E-state index contributed by atoms with van der Waals surface area (Å²) in [5.41, 5.74) is 5.65. The summed E-state index contributed by atoms with van der Waals surface area (Å²) in [7, 11) is 0. The first-order chi connectivity index (χ1) is 16.2. The van der Waals surface area contributed by atoms with Gasteiger partial charge in [-0.1, -0.05) is 42.8 Å². The first kappa shape index (κ1) is 23.8. The molecule has 4 aromatic rings. The molecule has 6 rings (SSSR count). The molecule has 1 aromatic heterocycles. The molecule has 3 heterocycles. The minimum atomic E-state index is -0.991. The summed E-state index contributed by atoms with van der Waals surface area (Å²) >= 11 is 0. The fourth-order valence-electron chi connectivity index (χ4n) is 3.99. The van der Waals surface area contributed by atoms with Crippen molar-refractivity contribution in [3.63, 3.8) is 0 Å². The Kier molecular flexibility index (Phi) is 7.51. The van der Waals surface area contributed by atoms with Crippen LogP contribution in [-0.2, 0) is 26.5 Å². The molecule has 2 aliphatic rings. The first-order valence-corrected chi connectivity index (χ1v) is 10.7. The van der Waals surface area contributed by atoms with Crippen molar-refractivity contribution in [2.45, 2.75) is 12.6 Å². The number of halogens is 2. The van der Waals surface area contributed by atoms with Crippen molar-refractivity contribution in [3.8, 4) is 22.4 Å². The van der Waals surface area contributed by atoms with Crippen LogP contribution in [0.3, 0.4) is 0 Å². The SMILES string of the molecule is Fc1[c-]c(-c2cc(-c3ccccc3)ccn2)ccc1F.[Ir+3].[c-]1cccc2c1C1[N-]C=CN1CC2. The van der Waals surface area contributed by atoms with Crippen molar-refractivity contribution in [1.29, 1.82) is 0 Å². The molecule has 0 amide bonds. The Morgan fingerprint density at radius 3 is 2.65 bits per heavy atom. The van der Waals surface area contributed by atoms with E-state index >= 15 is 0 Å². The maximum Gasteiger partial charge on any atom is 3.00 e. The molecule has 0 saturated heterocycles. The molecule has 170 valence electrons. The summed E-state index contributed by atoms with van der Waals surface area (Å²) in [6.07, 6.45) is 6.93. The summed E-state index contributed by atoms with van der Waals surface area (Å²) in [5.74, 6) is -1.90. The van der Waals surface area contributed by atoms with Crippen LogP contribution in [0.25, 0.3) is 27.7 Å². The van der Waals surface area contributed by atoms with E-state index in [-0.39, 0.29) is 26.3 Å². The molecule has 0 fully saturated rings. The average molecular weight is 629 g/mol. The van der Waals surface area contributed by atoms with Gasteiger partial charge in [-0.25, -0.2) is 4.39 Å². The molecule has 0 N–H and O–H groups in total. The van der Waals surface area contributed by atoms with Gasteiger partial charge in [0, 0.05) is 12.7 Å². The number of aromatic nitrogens is 1. The fourth-order valence-corrected chi connectivity index (χ4v) is 3.99. The molecular formula is C28H20F2IrN3. The molecule has 2 aliphatic heterocycles. The summed E-state index contributed by atoms with van der Waals surface area (Å²) < 4.78 is 26.2. The van der Waals surface area contributed by atoms with E-state index in [1.165, 1.54) is 17.2 Å². The summed E-state index contributed by atoms with van der Waals surface area (Å²) in [5, 5.41) is 4.41. The summed E-state index contributed by atoms with van der Waals surface area (Å²) in [6.45, 7) is 1.08. The molecular weight excluding hydrogens is 609 g/mol. The van der Waals surface area contributed by atoms with Gasteiger partial charge >= 0.3 is 20.1 Å². The normalized spacial score (nSPS) is 15.2. The third kappa shape index (κ3) is 5.09.